The van der Waals surface area contributed by atoms with E-state index >= 15 is 0 Å². The average Bonchev–Trinajstić information content (AvgIpc) is 2.60. The highest BCUT2D eigenvalue weighted by Gasteiger charge is 2.09. The van der Waals surface area contributed by atoms with E-state index in [9.17, 15) is 9.90 Å². The van der Waals surface area contributed by atoms with E-state index in [2.05, 4.69) is 4.98 Å². The molecule has 0 aliphatic heterocycles. The third-order valence-corrected chi connectivity index (χ3v) is 2.63. The summed E-state index contributed by atoms with van der Waals surface area (Å²) in [6.07, 6.45) is 3.78. The van der Waals surface area contributed by atoms with Gasteiger partial charge in [-0.1, -0.05) is 6.07 Å². The fraction of sp³-hybridized carbons (Fsp3) is 0.250. The summed E-state index contributed by atoms with van der Waals surface area (Å²) < 4.78 is 0. The zero-order valence-electron chi connectivity index (χ0n) is 8.58. The van der Waals surface area contributed by atoms with Gasteiger partial charge in [0.1, 0.15) is 12.0 Å². The predicted octanol–water partition coefficient (Wildman–Crippen LogP) is 2.31. The summed E-state index contributed by atoms with van der Waals surface area (Å²) in [5.41, 5.74) is 2.78. The minimum Gasteiger partial charge on any atom is -0.507 e. The van der Waals surface area contributed by atoms with Crippen molar-refractivity contribution in [3.05, 3.63) is 29.5 Å². The van der Waals surface area contributed by atoms with Crippen LogP contribution in [0.4, 0.5) is 0 Å². The number of H-pyrrole nitrogens is 1. The van der Waals surface area contributed by atoms with Gasteiger partial charge < -0.3 is 14.9 Å². The van der Waals surface area contributed by atoms with Gasteiger partial charge in [0.2, 0.25) is 0 Å². The number of hydrogen-bond donors (Lipinski definition) is 2. The third kappa shape index (κ3) is 1.61. The van der Waals surface area contributed by atoms with E-state index < -0.39 is 0 Å². The number of aldehydes is 1. The summed E-state index contributed by atoms with van der Waals surface area (Å²) in [5, 5.41) is 10.9. The van der Waals surface area contributed by atoms with Gasteiger partial charge in [-0.15, -0.1) is 0 Å². The Bertz CT molecular complexity index is 500. The quantitative estimate of drug-likeness (QED) is 0.752. The van der Waals surface area contributed by atoms with E-state index in [0.717, 1.165) is 28.3 Å². The molecule has 2 N–H and O–H groups in total. The Morgan fingerprint density at radius 3 is 3.00 bits per heavy atom. The van der Waals surface area contributed by atoms with Crippen LogP contribution in [0.3, 0.4) is 0 Å². The van der Waals surface area contributed by atoms with Crippen LogP contribution in [0.1, 0.15) is 17.5 Å². The van der Waals surface area contributed by atoms with Crippen LogP contribution in [0, 0.1) is 6.92 Å². The van der Waals surface area contributed by atoms with Crippen LogP contribution in [-0.2, 0) is 11.2 Å². The van der Waals surface area contributed by atoms with E-state index in [1.165, 1.54) is 0 Å². The van der Waals surface area contributed by atoms with Gasteiger partial charge in [0.15, 0.2) is 0 Å². The summed E-state index contributed by atoms with van der Waals surface area (Å²) in [6.45, 7) is 1.95. The molecule has 0 saturated heterocycles. The Labute approximate surface area is 87.7 Å². The van der Waals surface area contributed by atoms with Crippen molar-refractivity contribution in [3.8, 4) is 5.75 Å². The average molecular weight is 203 g/mol. The molecule has 0 fully saturated rings. The van der Waals surface area contributed by atoms with E-state index in [-0.39, 0.29) is 0 Å². The second-order valence-corrected chi connectivity index (χ2v) is 3.67. The molecule has 78 valence electrons. The summed E-state index contributed by atoms with van der Waals surface area (Å²) in [6, 6.07) is 3.79. The van der Waals surface area contributed by atoms with Gasteiger partial charge in [-0.3, -0.25) is 0 Å². The minimum atomic E-state index is 0.299. The first-order valence-electron chi connectivity index (χ1n) is 4.96. The fourth-order valence-corrected chi connectivity index (χ4v) is 1.83. The van der Waals surface area contributed by atoms with Gasteiger partial charge in [0.05, 0.1) is 0 Å². The number of aromatic nitrogens is 1. The minimum absolute atomic E-state index is 0.299. The van der Waals surface area contributed by atoms with Crippen LogP contribution >= 0.6 is 0 Å². The molecule has 0 unspecified atom stereocenters. The Hall–Kier alpha value is -1.77. The van der Waals surface area contributed by atoms with Gasteiger partial charge in [0, 0.05) is 23.5 Å². The maximum atomic E-state index is 10.3. The maximum Gasteiger partial charge on any atom is 0.128 e. The first-order valence-corrected chi connectivity index (χ1v) is 4.96. The molecule has 0 bridgehead atoms. The standard InChI is InChI=1S/C12H13NO2/c1-8-7-13-10-5-4-9(3-2-6-14)12(15)11(8)10/h4-7,13,15H,2-3H2,1H3. The summed E-state index contributed by atoms with van der Waals surface area (Å²) >= 11 is 0. The number of aromatic hydroxyl groups is 1. The fourth-order valence-electron chi connectivity index (χ4n) is 1.83. The van der Waals surface area contributed by atoms with Crippen molar-refractivity contribution >= 4 is 17.2 Å². The SMILES string of the molecule is Cc1c[nH]c2ccc(CCC=O)c(O)c12. The van der Waals surface area contributed by atoms with Crippen molar-refractivity contribution in [2.45, 2.75) is 19.8 Å². The van der Waals surface area contributed by atoms with Gasteiger partial charge >= 0.3 is 0 Å². The molecular weight excluding hydrogens is 190 g/mol. The molecule has 2 aromatic rings. The van der Waals surface area contributed by atoms with Gasteiger partial charge in [0.25, 0.3) is 0 Å². The van der Waals surface area contributed by atoms with Crippen LogP contribution in [0.15, 0.2) is 18.3 Å². The lowest BCUT2D eigenvalue weighted by atomic mass is 10.0. The second-order valence-electron chi connectivity index (χ2n) is 3.67. The number of phenols is 1. The Morgan fingerprint density at radius 1 is 1.47 bits per heavy atom. The smallest absolute Gasteiger partial charge is 0.128 e. The molecule has 3 nitrogen and oxygen atoms in total. The lowest BCUT2D eigenvalue weighted by molar-refractivity contribution is -0.107. The van der Waals surface area contributed by atoms with Gasteiger partial charge in [-0.2, -0.15) is 0 Å². The molecule has 1 aromatic heterocycles. The van der Waals surface area contributed by atoms with E-state index in [1.807, 2.05) is 25.3 Å². The summed E-state index contributed by atoms with van der Waals surface area (Å²) in [7, 11) is 0. The van der Waals surface area contributed by atoms with Crippen molar-refractivity contribution in [1.29, 1.82) is 0 Å². The molecule has 0 spiro atoms. The number of carbonyl (C=O) groups excluding carboxylic acids is 1. The number of hydrogen-bond acceptors (Lipinski definition) is 2. The molecule has 0 saturated carbocycles. The Kier molecular flexibility index (Phi) is 2.46. The van der Waals surface area contributed by atoms with E-state index in [1.54, 1.807) is 0 Å². The zero-order valence-corrected chi connectivity index (χ0v) is 8.58. The van der Waals surface area contributed by atoms with Crippen LogP contribution < -0.4 is 0 Å². The predicted molar refractivity (Wildman–Crippen MR) is 59.1 cm³/mol. The molecule has 0 aliphatic rings. The molecular formula is C12H13NO2. The van der Waals surface area contributed by atoms with Crippen LogP contribution in [0.2, 0.25) is 0 Å². The monoisotopic (exact) mass is 203 g/mol. The number of aromatic amines is 1. The highest BCUT2D eigenvalue weighted by Crippen LogP contribution is 2.31. The van der Waals surface area contributed by atoms with Crippen molar-refractivity contribution in [1.82, 2.24) is 4.98 Å². The lowest BCUT2D eigenvalue weighted by Gasteiger charge is -2.04. The Balaban J connectivity index is 2.53. The van der Waals surface area contributed by atoms with Crippen molar-refractivity contribution in [2.75, 3.05) is 0 Å². The molecule has 1 heterocycles. The third-order valence-electron chi connectivity index (χ3n) is 2.63. The topological polar surface area (TPSA) is 53.1 Å². The molecule has 0 radical (unpaired) electrons. The van der Waals surface area contributed by atoms with E-state index in [4.69, 9.17) is 0 Å². The van der Waals surface area contributed by atoms with Crippen molar-refractivity contribution in [2.24, 2.45) is 0 Å². The van der Waals surface area contributed by atoms with Crippen molar-refractivity contribution < 1.29 is 9.90 Å². The van der Waals surface area contributed by atoms with Crippen LogP contribution in [-0.4, -0.2) is 16.4 Å². The van der Waals surface area contributed by atoms with Crippen LogP contribution in [0.25, 0.3) is 10.9 Å². The van der Waals surface area contributed by atoms with Crippen molar-refractivity contribution in [3.63, 3.8) is 0 Å². The molecule has 2 rings (SSSR count). The molecule has 0 amide bonds. The molecule has 0 atom stereocenters. The van der Waals surface area contributed by atoms with Gasteiger partial charge in [-0.25, -0.2) is 0 Å². The number of fused-ring (bicyclic) bond motifs is 1. The first-order chi connectivity index (χ1) is 7.24. The maximum absolute atomic E-state index is 10.3. The molecule has 15 heavy (non-hydrogen) atoms. The van der Waals surface area contributed by atoms with Gasteiger partial charge in [-0.05, 0) is 30.5 Å². The number of nitrogens with one attached hydrogen (secondary N) is 1. The number of carbonyl (C=O) groups is 1. The number of aryl methyl sites for hydroxylation is 2. The highest BCUT2D eigenvalue weighted by atomic mass is 16.3. The molecule has 1 aromatic carbocycles. The number of rotatable bonds is 3. The zero-order chi connectivity index (χ0) is 10.8. The number of benzene rings is 1. The first kappa shape index (κ1) is 9.77. The Morgan fingerprint density at radius 2 is 2.27 bits per heavy atom. The van der Waals surface area contributed by atoms with Crippen LogP contribution in [0.5, 0.6) is 5.75 Å². The summed E-state index contributed by atoms with van der Waals surface area (Å²) in [4.78, 5) is 13.4. The van der Waals surface area contributed by atoms with E-state index in [0.29, 0.717) is 18.6 Å². The molecule has 3 heteroatoms. The lowest BCUT2D eigenvalue weighted by Crippen LogP contribution is -1.87. The summed E-state index contributed by atoms with van der Waals surface area (Å²) in [5.74, 6) is 0.299. The highest BCUT2D eigenvalue weighted by molar-refractivity contribution is 5.90. The molecule has 0 aliphatic carbocycles. The largest absolute Gasteiger partial charge is 0.507 e. The number of phenolic OH excluding ortho intramolecular Hbond substituents is 1. The normalized spacial score (nSPS) is 10.7. The second kappa shape index (κ2) is 3.77.